The van der Waals surface area contributed by atoms with E-state index in [2.05, 4.69) is 10.3 Å². The highest BCUT2D eigenvalue weighted by molar-refractivity contribution is 7.13. The van der Waals surface area contributed by atoms with E-state index in [0.717, 1.165) is 17.1 Å². The number of nitrogens with zero attached hydrogens (tertiary/aromatic N) is 2. The Morgan fingerprint density at radius 3 is 2.62 bits per heavy atom. The largest absolute Gasteiger partial charge is 0.348 e. The number of piperidine rings is 1. The van der Waals surface area contributed by atoms with Gasteiger partial charge in [-0.2, -0.15) is 0 Å². The number of aryl methyl sites for hydroxylation is 2. The second-order valence-electron chi connectivity index (χ2n) is 6.40. The van der Waals surface area contributed by atoms with Crippen molar-refractivity contribution < 1.29 is 14.0 Å². The zero-order chi connectivity index (χ0) is 18.7. The minimum absolute atomic E-state index is 0.0127. The molecular formula is C19H22FN3O2S. The lowest BCUT2D eigenvalue weighted by molar-refractivity contribution is 0.0694. The summed E-state index contributed by atoms with van der Waals surface area (Å²) >= 11 is 1.43. The Morgan fingerprint density at radius 1 is 1.31 bits per heavy atom. The zero-order valence-corrected chi connectivity index (χ0v) is 15.7. The maximum Gasteiger partial charge on any atom is 0.263 e. The third-order valence-electron chi connectivity index (χ3n) is 4.57. The van der Waals surface area contributed by atoms with Crippen molar-refractivity contribution in [2.45, 2.75) is 39.2 Å². The molecule has 3 rings (SSSR count). The molecule has 2 heterocycles. The van der Waals surface area contributed by atoms with Crippen molar-refractivity contribution >= 4 is 23.2 Å². The van der Waals surface area contributed by atoms with Crippen LogP contribution in [0.2, 0.25) is 0 Å². The molecule has 1 aromatic carbocycles. The molecule has 138 valence electrons. The molecule has 1 N–H and O–H groups in total. The van der Waals surface area contributed by atoms with E-state index in [1.165, 1.54) is 23.5 Å². The van der Waals surface area contributed by atoms with Gasteiger partial charge in [-0.3, -0.25) is 9.59 Å². The molecule has 1 aromatic heterocycles. The van der Waals surface area contributed by atoms with Crippen LogP contribution in [0.3, 0.4) is 0 Å². The molecule has 1 aliphatic rings. The van der Waals surface area contributed by atoms with E-state index in [4.69, 9.17) is 0 Å². The van der Waals surface area contributed by atoms with Gasteiger partial charge in [0.05, 0.1) is 16.3 Å². The number of carbonyl (C=O) groups excluding carboxylic acids is 2. The molecule has 0 saturated carbocycles. The first-order valence-electron chi connectivity index (χ1n) is 8.80. The Kier molecular flexibility index (Phi) is 5.66. The lowest BCUT2D eigenvalue weighted by Crippen LogP contribution is -2.46. The van der Waals surface area contributed by atoms with E-state index in [1.54, 1.807) is 17.0 Å². The summed E-state index contributed by atoms with van der Waals surface area (Å²) in [4.78, 5) is 31.6. The van der Waals surface area contributed by atoms with Gasteiger partial charge in [-0.15, -0.1) is 11.3 Å². The summed E-state index contributed by atoms with van der Waals surface area (Å²) in [6.45, 7) is 4.86. The van der Waals surface area contributed by atoms with Crippen LogP contribution in [0.4, 0.5) is 4.39 Å². The number of halogens is 1. The summed E-state index contributed by atoms with van der Waals surface area (Å²) in [6, 6.07) is 6.04. The van der Waals surface area contributed by atoms with Crippen LogP contribution in [0.5, 0.6) is 0 Å². The first-order valence-corrected chi connectivity index (χ1v) is 9.62. The van der Waals surface area contributed by atoms with Gasteiger partial charge in [0.25, 0.3) is 11.8 Å². The molecule has 0 atom stereocenters. The van der Waals surface area contributed by atoms with Crippen LogP contribution >= 0.6 is 11.3 Å². The minimum atomic E-state index is -0.500. The second kappa shape index (κ2) is 7.95. The molecule has 1 aliphatic heterocycles. The lowest BCUT2D eigenvalue weighted by Gasteiger charge is -2.32. The monoisotopic (exact) mass is 375 g/mol. The van der Waals surface area contributed by atoms with Gasteiger partial charge >= 0.3 is 0 Å². The van der Waals surface area contributed by atoms with Crippen LogP contribution < -0.4 is 5.32 Å². The van der Waals surface area contributed by atoms with Crippen molar-refractivity contribution in [3.63, 3.8) is 0 Å². The normalized spacial score (nSPS) is 15.1. The summed E-state index contributed by atoms with van der Waals surface area (Å²) in [5.74, 6) is -0.891. The van der Waals surface area contributed by atoms with Crippen LogP contribution in [-0.4, -0.2) is 40.8 Å². The quantitative estimate of drug-likeness (QED) is 0.893. The van der Waals surface area contributed by atoms with Gasteiger partial charge in [0.2, 0.25) is 0 Å². The average Bonchev–Trinajstić information content (AvgIpc) is 3.03. The molecule has 0 radical (unpaired) electrons. The van der Waals surface area contributed by atoms with E-state index in [0.29, 0.717) is 30.8 Å². The Bertz CT molecular complexity index is 813. The third-order valence-corrected chi connectivity index (χ3v) is 5.87. The number of hydrogen-bond donors (Lipinski definition) is 1. The number of amides is 2. The van der Waals surface area contributed by atoms with Crippen molar-refractivity contribution in [2.24, 2.45) is 0 Å². The molecule has 7 heteroatoms. The first-order chi connectivity index (χ1) is 12.5. The second-order valence-corrected chi connectivity index (χ2v) is 7.48. The Hall–Kier alpha value is -2.28. The van der Waals surface area contributed by atoms with E-state index in [9.17, 15) is 14.0 Å². The molecule has 2 aromatic rings. The van der Waals surface area contributed by atoms with E-state index in [-0.39, 0.29) is 23.4 Å². The smallest absolute Gasteiger partial charge is 0.263 e. The van der Waals surface area contributed by atoms with Crippen molar-refractivity contribution in [3.8, 4) is 0 Å². The summed E-state index contributed by atoms with van der Waals surface area (Å²) in [5.41, 5.74) is 0.860. The summed E-state index contributed by atoms with van der Waals surface area (Å²) in [7, 11) is 0. The summed E-state index contributed by atoms with van der Waals surface area (Å²) in [5, 5.41) is 4.00. The molecule has 0 bridgehead atoms. The highest BCUT2D eigenvalue weighted by Crippen LogP contribution is 2.20. The molecule has 1 saturated heterocycles. The standard InChI is InChI=1S/C19H22FN3O2S/c1-3-16-21-12(2)17(26-16)18(24)22-13-8-10-23(11-9-13)19(25)14-6-4-5-7-15(14)20/h4-7,13H,3,8-11H2,1-2H3,(H,22,24). The number of likely N-dealkylation sites (tertiary alicyclic amines) is 1. The minimum Gasteiger partial charge on any atom is -0.348 e. The van der Waals surface area contributed by atoms with Crippen LogP contribution in [-0.2, 0) is 6.42 Å². The number of carbonyl (C=O) groups is 2. The fraction of sp³-hybridized carbons (Fsp3) is 0.421. The van der Waals surface area contributed by atoms with Crippen molar-refractivity contribution in [3.05, 3.63) is 51.2 Å². The first kappa shape index (κ1) is 18.5. The summed E-state index contributed by atoms with van der Waals surface area (Å²) < 4.78 is 13.8. The summed E-state index contributed by atoms with van der Waals surface area (Å²) in [6.07, 6.45) is 2.13. The predicted octanol–water partition coefficient (Wildman–Crippen LogP) is 3.19. The van der Waals surface area contributed by atoms with E-state index < -0.39 is 5.82 Å². The van der Waals surface area contributed by atoms with Crippen molar-refractivity contribution in [1.29, 1.82) is 0 Å². The molecule has 0 aliphatic carbocycles. The van der Waals surface area contributed by atoms with Gasteiger partial charge in [-0.05, 0) is 38.3 Å². The number of benzene rings is 1. The number of nitrogens with one attached hydrogen (secondary N) is 1. The maximum absolute atomic E-state index is 13.8. The van der Waals surface area contributed by atoms with Gasteiger partial charge in [-0.1, -0.05) is 19.1 Å². The molecule has 26 heavy (non-hydrogen) atoms. The highest BCUT2D eigenvalue weighted by Gasteiger charge is 2.27. The van der Waals surface area contributed by atoms with Gasteiger partial charge in [0.15, 0.2) is 0 Å². The SMILES string of the molecule is CCc1nc(C)c(C(=O)NC2CCN(C(=O)c3ccccc3F)CC2)s1. The zero-order valence-electron chi connectivity index (χ0n) is 14.9. The van der Waals surface area contributed by atoms with Gasteiger partial charge in [-0.25, -0.2) is 9.37 Å². The highest BCUT2D eigenvalue weighted by atomic mass is 32.1. The van der Waals surface area contributed by atoms with E-state index >= 15 is 0 Å². The van der Waals surface area contributed by atoms with Crippen LogP contribution in [0.25, 0.3) is 0 Å². The van der Waals surface area contributed by atoms with Crippen LogP contribution in [0, 0.1) is 12.7 Å². The molecule has 0 spiro atoms. The number of hydrogen-bond acceptors (Lipinski definition) is 4. The van der Waals surface area contributed by atoms with Gasteiger partial charge in [0, 0.05) is 19.1 Å². The average molecular weight is 375 g/mol. The van der Waals surface area contributed by atoms with Gasteiger partial charge in [0.1, 0.15) is 10.7 Å². The lowest BCUT2D eigenvalue weighted by atomic mass is 10.0. The molecule has 0 unspecified atom stereocenters. The van der Waals surface area contributed by atoms with Gasteiger partial charge < -0.3 is 10.2 Å². The fourth-order valence-corrected chi connectivity index (χ4v) is 4.00. The number of rotatable bonds is 4. The Morgan fingerprint density at radius 2 is 2.00 bits per heavy atom. The third kappa shape index (κ3) is 3.93. The molecule has 5 nitrogen and oxygen atoms in total. The maximum atomic E-state index is 13.8. The molecule has 2 amide bonds. The molecule has 1 fully saturated rings. The topological polar surface area (TPSA) is 62.3 Å². The molecular weight excluding hydrogens is 353 g/mol. The van der Waals surface area contributed by atoms with Crippen LogP contribution in [0.1, 0.15) is 50.5 Å². The fourth-order valence-electron chi connectivity index (χ4n) is 3.10. The van der Waals surface area contributed by atoms with Crippen molar-refractivity contribution in [2.75, 3.05) is 13.1 Å². The Labute approximate surface area is 156 Å². The number of thiazole rings is 1. The van der Waals surface area contributed by atoms with E-state index in [1.807, 2.05) is 13.8 Å². The van der Waals surface area contributed by atoms with Crippen molar-refractivity contribution in [1.82, 2.24) is 15.2 Å². The van der Waals surface area contributed by atoms with Crippen LogP contribution in [0.15, 0.2) is 24.3 Å². The Balaban J connectivity index is 1.57. The predicted molar refractivity (Wildman–Crippen MR) is 99.0 cm³/mol. The number of aromatic nitrogens is 1.